The fourth-order valence-electron chi connectivity index (χ4n) is 1.70. The molecule has 0 atom stereocenters. The van der Waals surface area contributed by atoms with E-state index in [4.69, 9.17) is 11.6 Å². The first-order valence-electron chi connectivity index (χ1n) is 5.94. The highest BCUT2D eigenvalue weighted by Crippen LogP contribution is 2.22. The monoisotopic (exact) mass is 279 g/mol. The molecule has 0 unspecified atom stereocenters. The van der Waals surface area contributed by atoms with Crippen LogP contribution in [0.2, 0.25) is 5.02 Å². The molecule has 0 aliphatic rings. The van der Waals surface area contributed by atoms with Gasteiger partial charge in [0.2, 0.25) is 0 Å². The fourth-order valence-corrected chi connectivity index (χ4v) is 1.87. The summed E-state index contributed by atoms with van der Waals surface area (Å²) < 4.78 is 0. The maximum Gasteiger partial charge on any atom is 0.260 e. The number of hydrogen-bond acceptors (Lipinski definition) is 3. The molecular formula is C13H14ClN3O2. The van der Waals surface area contributed by atoms with Gasteiger partial charge in [-0.15, -0.1) is 0 Å². The largest absolute Gasteiger partial charge is 0.507 e. The van der Waals surface area contributed by atoms with Crippen LogP contribution in [0.1, 0.15) is 29.4 Å². The topological polar surface area (TPSA) is 78.0 Å². The fraction of sp³-hybridized carbons (Fsp3) is 0.231. The lowest BCUT2D eigenvalue weighted by atomic mass is 10.2. The van der Waals surface area contributed by atoms with E-state index in [0.29, 0.717) is 10.8 Å². The number of amides is 1. The Morgan fingerprint density at radius 2 is 2.26 bits per heavy atom. The third kappa shape index (κ3) is 3.26. The number of aromatic hydroxyl groups is 1. The van der Waals surface area contributed by atoms with Crippen LogP contribution in [0.5, 0.6) is 5.75 Å². The number of nitrogens with zero attached hydrogens (tertiary/aromatic N) is 1. The van der Waals surface area contributed by atoms with Gasteiger partial charge in [-0.3, -0.25) is 9.89 Å². The number of aromatic amines is 1. The smallest absolute Gasteiger partial charge is 0.260 e. The van der Waals surface area contributed by atoms with Crippen molar-refractivity contribution < 1.29 is 9.90 Å². The van der Waals surface area contributed by atoms with Crippen LogP contribution in [0, 0.1) is 0 Å². The van der Waals surface area contributed by atoms with Crippen molar-refractivity contribution >= 4 is 23.3 Å². The minimum absolute atomic E-state index is 0.118. The van der Waals surface area contributed by atoms with E-state index in [9.17, 15) is 9.90 Å². The van der Waals surface area contributed by atoms with Gasteiger partial charge in [0, 0.05) is 16.8 Å². The summed E-state index contributed by atoms with van der Waals surface area (Å²) in [6, 6.07) is 6.07. The van der Waals surface area contributed by atoms with E-state index >= 15 is 0 Å². The first-order valence-corrected chi connectivity index (χ1v) is 6.32. The summed E-state index contributed by atoms with van der Waals surface area (Å²) in [6.45, 7) is 2.06. The van der Waals surface area contributed by atoms with E-state index in [2.05, 4.69) is 22.4 Å². The molecular weight excluding hydrogens is 266 g/mol. The van der Waals surface area contributed by atoms with Gasteiger partial charge >= 0.3 is 0 Å². The predicted molar refractivity (Wildman–Crippen MR) is 73.7 cm³/mol. The number of phenolic OH excluding ortho intramolecular Hbond substituents is 1. The van der Waals surface area contributed by atoms with Crippen molar-refractivity contribution in [3.05, 3.63) is 40.5 Å². The number of H-pyrrole nitrogens is 1. The van der Waals surface area contributed by atoms with Crippen LogP contribution in [0.15, 0.2) is 24.3 Å². The third-order valence-corrected chi connectivity index (χ3v) is 2.83. The summed E-state index contributed by atoms with van der Waals surface area (Å²) in [5, 5.41) is 19.4. The Kier molecular flexibility index (Phi) is 4.06. The first kappa shape index (κ1) is 13.4. The highest BCUT2D eigenvalue weighted by Gasteiger charge is 2.13. The molecule has 1 heterocycles. The molecule has 3 N–H and O–H groups in total. The second-order valence-corrected chi connectivity index (χ2v) is 4.58. The molecule has 2 rings (SSSR count). The standard InChI is InChI=1S/C13H14ClN3O2/c1-2-3-9-7-12(17-16-9)15-13(19)10-6-8(14)4-5-11(10)18/h4-7,18H,2-3H2,1H3,(H2,15,16,17,19). The molecule has 1 aromatic heterocycles. The molecule has 19 heavy (non-hydrogen) atoms. The zero-order valence-electron chi connectivity index (χ0n) is 10.4. The van der Waals surface area contributed by atoms with Crippen LogP contribution >= 0.6 is 11.6 Å². The minimum Gasteiger partial charge on any atom is -0.507 e. The zero-order chi connectivity index (χ0) is 13.8. The van der Waals surface area contributed by atoms with Crippen LogP contribution in [0.3, 0.4) is 0 Å². The number of nitrogens with one attached hydrogen (secondary N) is 2. The van der Waals surface area contributed by atoms with Gasteiger partial charge < -0.3 is 10.4 Å². The summed E-state index contributed by atoms with van der Waals surface area (Å²) in [4.78, 5) is 12.0. The Labute approximate surface area is 115 Å². The van der Waals surface area contributed by atoms with Crippen LogP contribution in [0.25, 0.3) is 0 Å². The molecule has 1 aromatic carbocycles. The van der Waals surface area contributed by atoms with Crippen molar-refractivity contribution in [1.82, 2.24) is 10.2 Å². The van der Waals surface area contributed by atoms with Gasteiger partial charge in [0.25, 0.3) is 5.91 Å². The summed E-state index contributed by atoms with van der Waals surface area (Å²) in [5.41, 5.74) is 1.07. The molecule has 0 fully saturated rings. The number of hydrogen-bond donors (Lipinski definition) is 3. The minimum atomic E-state index is -0.449. The normalized spacial score (nSPS) is 10.4. The van der Waals surface area contributed by atoms with Crippen LogP contribution in [-0.4, -0.2) is 21.2 Å². The van der Waals surface area contributed by atoms with Gasteiger partial charge in [0.05, 0.1) is 5.56 Å². The Bertz CT molecular complexity index is 595. The average molecular weight is 280 g/mol. The van der Waals surface area contributed by atoms with Crippen LogP contribution in [-0.2, 0) is 6.42 Å². The Morgan fingerprint density at radius 3 is 3.00 bits per heavy atom. The Hall–Kier alpha value is -2.01. The molecule has 1 amide bonds. The molecule has 6 heteroatoms. The van der Waals surface area contributed by atoms with Gasteiger partial charge in [0.1, 0.15) is 5.75 Å². The van der Waals surface area contributed by atoms with Crippen molar-refractivity contribution in [2.45, 2.75) is 19.8 Å². The van der Waals surface area contributed by atoms with E-state index in [1.54, 1.807) is 6.07 Å². The molecule has 5 nitrogen and oxygen atoms in total. The van der Waals surface area contributed by atoms with E-state index in [1.807, 2.05) is 0 Å². The number of halogens is 1. The molecule has 0 aliphatic carbocycles. The number of benzene rings is 1. The number of carbonyl (C=O) groups excluding carboxylic acids is 1. The number of aryl methyl sites for hydroxylation is 1. The predicted octanol–water partition coefficient (Wildman–Crippen LogP) is 2.97. The number of carbonyl (C=O) groups is 1. The maximum absolute atomic E-state index is 12.0. The lowest BCUT2D eigenvalue weighted by Crippen LogP contribution is -2.12. The average Bonchev–Trinajstić information content (AvgIpc) is 2.80. The number of rotatable bonds is 4. The molecule has 0 saturated heterocycles. The van der Waals surface area contributed by atoms with E-state index in [0.717, 1.165) is 18.5 Å². The van der Waals surface area contributed by atoms with Crippen LogP contribution in [0.4, 0.5) is 5.82 Å². The summed E-state index contributed by atoms with van der Waals surface area (Å²) in [7, 11) is 0. The van der Waals surface area contributed by atoms with Gasteiger partial charge in [-0.1, -0.05) is 24.9 Å². The molecule has 0 saturated carbocycles. The number of anilines is 1. The molecule has 0 aliphatic heterocycles. The Balaban J connectivity index is 2.13. The number of aromatic nitrogens is 2. The van der Waals surface area contributed by atoms with Gasteiger partial charge in [-0.05, 0) is 24.6 Å². The van der Waals surface area contributed by atoms with Crippen molar-refractivity contribution in [3.63, 3.8) is 0 Å². The third-order valence-electron chi connectivity index (χ3n) is 2.60. The summed E-state index contributed by atoms with van der Waals surface area (Å²) >= 11 is 5.80. The van der Waals surface area contributed by atoms with E-state index < -0.39 is 5.91 Å². The second-order valence-electron chi connectivity index (χ2n) is 4.14. The van der Waals surface area contributed by atoms with Crippen molar-refractivity contribution in [2.24, 2.45) is 0 Å². The van der Waals surface area contributed by atoms with E-state index in [-0.39, 0.29) is 11.3 Å². The lowest BCUT2D eigenvalue weighted by Gasteiger charge is -2.04. The van der Waals surface area contributed by atoms with Gasteiger partial charge in [-0.25, -0.2) is 0 Å². The van der Waals surface area contributed by atoms with Crippen LogP contribution < -0.4 is 5.32 Å². The van der Waals surface area contributed by atoms with E-state index in [1.165, 1.54) is 18.2 Å². The van der Waals surface area contributed by atoms with Gasteiger partial charge in [0.15, 0.2) is 5.82 Å². The highest BCUT2D eigenvalue weighted by atomic mass is 35.5. The molecule has 100 valence electrons. The Morgan fingerprint density at radius 1 is 1.47 bits per heavy atom. The molecule has 0 radical (unpaired) electrons. The summed E-state index contributed by atoms with van der Waals surface area (Å²) in [6.07, 6.45) is 1.86. The maximum atomic E-state index is 12.0. The van der Waals surface area contributed by atoms with Crippen molar-refractivity contribution in [2.75, 3.05) is 5.32 Å². The highest BCUT2D eigenvalue weighted by molar-refractivity contribution is 6.31. The quantitative estimate of drug-likeness (QED) is 0.805. The number of phenols is 1. The lowest BCUT2D eigenvalue weighted by molar-refractivity contribution is 0.102. The van der Waals surface area contributed by atoms with Gasteiger partial charge in [-0.2, -0.15) is 5.10 Å². The first-order chi connectivity index (χ1) is 9.10. The SMILES string of the molecule is CCCc1cc(NC(=O)c2cc(Cl)ccc2O)n[nH]1. The zero-order valence-corrected chi connectivity index (χ0v) is 11.2. The molecule has 0 bridgehead atoms. The molecule has 0 spiro atoms. The van der Waals surface area contributed by atoms with Crippen molar-refractivity contribution in [1.29, 1.82) is 0 Å². The molecule has 2 aromatic rings. The summed E-state index contributed by atoms with van der Waals surface area (Å²) in [5.74, 6) is -0.145. The second kappa shape index (κ2) is 5.75. The van der Waals surface area contributed by atoms with Crippen molar-refractivity contribution in [3.8, 4) is 5.75 Å².